The number of rotatable bonds is 5. The van der Waals surface area contributed by atoms with Crippen molar-refractivity contribution < 1.29 is 9.90 Å². The number of phenols is 1. The van der Waals surface area contributed by atoms with Crippen molar-refractivity contribution in [3.63, 3.8) is 0 Å². The Kier molecular flexibility index (Phi) is 4.01. The highest BCUT2D eigenvalue weighted by Gasteiger charge is 2.20. The summed E-state index contributed by atoms with van der Waals surface area (Å²) in [5.41, 5.74) is 2.05. The molecule has 0 radical (unpaired) electrons. The highest BCUT2D eigenvalue weighted by Crippen LogP contribution is 2.30. The van der Waals surface area contributed by atoms with E-state index in [1.54, 1.807) is 24.5 Å². The van der Waals surface area contributed by atoms with Crippen LogP contribution in [0.4, 0.5) is 0 Å². The smallest absolute Gasteiger partial charge is 0.198 e. The molecule has 1 atom stereocenters. The van der Waals surface area contributed by atoms with Crippen LogP contribution in [0.2, 0.25) is 0 Å². The number of hydrogen-bond donors (Lipinski definition) is 2. The van der Waals surface area contributed by atoms with Gasteiger partial charge in [0.25, 0.3) is 0 Å². The second-order valence-electron chi connectivity index (χ2n) is 5.12. The summed E-state index contributed by atoms with van der Waals surface area (Å²) >= 11 is 0. The molecule has 0 saturated carbocycles. The van der Waals surface area contributed by atoms with Crippen LogP contribution in [-0.4, -0.2) is 20.9 Å². The summed E-state index contributed by atoms with van der Waals surface area (Å²) in [5.74, 6) is 0.485. The Bertz CT molecular complexity index is 735. The van der Waals surface area contributed by atoms with E-state index >= 15 is 0 Å². The number of H-pyrrole nitrogens is 1. The lowest BCUT2D eigenvalue weighted by atomic mass is 9.87. The Balaban J connectivity index is 1.93. The van der Waals surface area contributed by atoms with Gasteiger partial charge < -0.3 is 10.1 Å². The molecule has 0 aliphatic heterocycles. The summed E-state index contributed by atoms with van der Waals surface area (Å²) in [4.78, 5) is 19.3. The minimum atomic E-state index is -0.0700. The zero-order valence-electron chi connectivity index (χ0n) is 11.9. The molecule has 0 spiro atoms. The van der Waals surface area contributed by atoms with Gasteiger partial charge >= 0.3 is 0 Å². The maximum absolute atomic E-state index is 12.4. The number of benzene rings is 2. The standard InChI is InChI=1S/C18H16N2O2/c21-15-8-6-14(7-9-15)16(13-4-2-1-3-5-13)12-17(22)18-19-10-11-20-18/h1-11,16,21H,12H2,(H,19,20). The first kappa shape index (κ1) is 14.1. The molecule has 22 heavy (non-hydrogen) atoms. The van der Waals surface area contributed by atoms with Crippen LogP contribution in [0.3, 0.4) is 0 Å². The average Bonchev–Trinajstić information content (AvgIpc) is 3.09. The third-order valence-electron chi connectivity index (χ3n) is 3.65. The molecule has 1 aromatic heterocycles. The van der Waals surface area contributed by atoms with Crippen LogP contribution in [0.25, 0.3) is 0 Å². The van der Waals surface area contributed by atoms with Gasteiger partial charge in [-0.15, -0.1) is 0 Å². The highest BCUT2D eigenvalue weighted by atomic mass is 16.3. The Morgan fingerprint density at radius 2 is 1.73 bits per heavy atom. The molecule has 1 unspecified atom stereocenters. The first-order valence-electron chi connectivity index (χ1n) is 7.10. The lowest BCUT2D eigenvalue weighted by molar-refractivity contribution is 0.0968. The molecular formula is C18H16N2O2. The lowest BCUT2D eigenvalue weighted by Gasteiger charge is -2.17. The van der Waals surface area contributed by atoms with Crippen molar-refractivity contribution in [2.24, 2.45) is 0 Å². The molecule has 0 aliphatic carbocycles. The van der Waals surface area contributed by atoms with Crippen molar-refractivity contribution >= 4 is 5.78 Å². The van der Waals surface area contributed by atoms with Gasteiger partial charge in [0, 0.05) is 24.7 Å². The number of hydrogen-bond acceptors (Lipinski definition) is 3. The molecule has 2 aromatic carbocycles. The van der Waals surface area contributed by atoms with Crippen LogP contribution >= 0.6 is 0 Å². The summed E-state index contributed by atoms with van der Waals surface area (Å²) in [6.07, 6.45) is 3.54. The third-order valence-corrected chi connectivity index (χ3v) is 3.65. The van der Waals surface area contributed by atoms with Gasteiger partial charge in [-0.05, 0) is 23.3 Å². The van der Waals surface area contributed by atoms with Crippen molar-refractivity contribution in [2.45, 2.75) is 12.3 Å². The van der Waals surface area contributed by atoms with E-state index in [1.807, 2.05) is 42.5 Å². The highest BCUT2D eigenvalue weighted by molar-refractivity contribution is 5.93. The quantitative estimate of drug-likeness (QED) is 0.707. The molecule has 3 aromatic rings. The largest absolute Gasteiger partial charge is 0.508 e. The molecule has 0 amide bonds. The minimum absolute atomic E-state index is 0.0353. The number of nitrogens with one attached hydrogen (secondary N) is 1. The Morgan fingerprint density at radius 3 is 2.36 bits per heavy atom. The van der Waals surface area contributed by atoms with E-state index in [0.29, 0.717) is 12.2 Å². The number of imidazole rings is 1. The predicted molar refractivity (Wildman–Crippen MR) is 83.9 cm³/mol. The van der Waals surface area contributed by atoms with Crippen LogP contribution in [0.15, 0.2) is 67.0 Å². The van der Waals surface area contributed by atoms with Crippen LogP contribution in [0.5, 0.6) is 5.75 Å². The Hall–Kier alpha value is -2.88. The van der Waals surface area contributed by atoms with Crippen LogP contribution in [-0.2, 0) is 0 Å². The number of carbonyl (C=O) groups excluding carboxylic acids is 1. The van der Waals surface area contributed by atoms with E-state index in [0.717, 1.165) is 11.1 Å². The third kappa shape index (κ3) is 3.06. The monoisotopic (exact) mass is 292 g/mol. The van der Waals surface area contributed by atoms with Gasteiger partial charge in [0.05, 0.1) is 0 Å². The van der Waals surface area contributed by atoms with E-state index in [2.05, 4.69) is 9.97 Å². The molecule has 0 saturated heterocycles. The zero-order valence-corrected chi connectivity index (χ0v) is 11.9. The molecule has 1 heterocycles. The Morgan fingerprint density at radius 1 is 1.05 bits per heavy atom. The molecule has 0 aliphatic rings. The van der Waals surface area contributed by atoms with Crippen molar-refractivity contribution in [3.8, 4) is 5.75 Å². The number of aromatic hydroxyl groups is 1. The Labute approximate surface area is 128 Å². The summed E-state index contributed by atoms with van der Waals surface area (Å²) in [7, 11) is 0. The number of aromatic amines is 1. The average molecular weight is 292 g/mol. The predicted octanol–water partition coefficient (Wildman–Crippen LogP) is 3.52. The van der Waals surface area contributed by atoms with E-state index in [4.69, 9.17) is 0 Å². The van der Waals surface area contributed by atoms with Gasteiger partial charge in [-0.2, -0.15) is 0 Å². The first-order valence-corrected chi connectivity index (χ1v) is 7.10. The van der Waals surface area contributed by atoms with Crippen molar-refractivity contribution in [1.29, 1.82) is 0 Å². The maximum atomic E-state index is 12.4. The molecule has 4 nitrogen and oxygen atoms in total. The second-order valence-corrected chi connectivity index (χ2v) is 5.12. The topological polar surface area (TPSA) is 66.0 Å². The van der Waals surface area contributed by atoms with E-state index in [-0.39, 0.29) is 17.5 Å². The molecule has 3 rings (SSSR count). The molecule has 2 N–H and O–H groups in total. The fourth-order valence-corrected chi connectivity index (χ4v) is 2.52. The van der Waals surface area contributed by atoms with Crippen LogP contribution in [0, 0.1) is 0 Å². The van der Waals surface area contributed by atoms with Gasteiger partial charge in [0.15, 0.2) is 11.6 Å². The zero-order chi connectivity index (χ0) is 15.4. The number of nitrogens with zero attached hydrogens (tertiary/aromatic N) is 1. The van der Waals surface area contributed by atoms with Gasteiger partial charge in [-0.3, -0.25) is 4.79 Å². The number of carbonyl (C=O) groups is 1. The molecule has 0 bridgehead atoms. The van der Waals surface area contributed by atoms with E-state index in [9.17, 15) is 9.90 Å². The normalized spacial score (nSPS) is 12.0. The second kappa shape index (κ2) is 6.26. The molecule has 110 valence electrons. The van der Waals surface area contributed by atoms with Gasteiger partial charge in [0.2, 0.25) is 0 Å². The van der Waals surface area contributed by atoms with Crippen molar-refractivity contribution in [2.75, 3.05) is 0 Å². The fourth-order valence-electron chi connectivity index (χ4n) is 2.52. The van der Waals surface area contributed by atoms with Crippen LogP contribution < -0.4 is 0 Å². The SMILES string of the molecule is O=C(CC(c1ccccc1)c1ccc(O)cc1)c1ncc[nH]1. The number of phenolic OH excluding ortho intramolecular Hbond substituents is 1. The summed E-state index contributed by atoms with van der Waals surface area (Å²) < 4.78 is 0. The summed E-state index contributed by atoms with van der Waals surface area (Å²) in [6, 6.07) is 16.9. The van der Waals surface area contributed by atoms with Crippen molar-refractivity contribution in [3.05, 3.63) is 83.9 Å². The van der Waals surface area contributed by atoms with E-state index in [1.165, 1.54) is 0 Å². The van der Waals surface area contributed by atoms with Crippen LogP contribution in [0.1, 0.15) is 34.1 Å². The first-order chi connectivity index (χ1) is 10.7. The summed E-state index contributed by atoms with van der Waals surface area (Å²) in [5, 5.41) is 9.46. The van der Waals surface area contributed by atoms with Gasteiger partial charge in [-0.25, -0.2) is 4.98 Å². The molecule has 4 heteroatoms. The maximum Gasteiger partial charge on any atom is 0.198 e. The van der Waals surface area contributed by atoms with Gasteiger partial charge in [-0.1, -0.05) is 42.5 Å². The number of Topliss-reactive ketones (excluding diaryl/α,β-unsaturated/α-hetero) is 1. The summed E-state index contributed by atoms with van der Waals surface area (Å²) in [6.45, 7) is 0. The molecular weight excluding hydrogens is 276 g/mol. The number of ketones is 1. The lowest BCUT2D eigenvalue weighted by Crippen LogP contribution is -2.10. The fraction of sp³-hybridized carbons (Fsp3) is 0.111. The van der Waals surface area contributed by atoms with E-state index < -0.39 is 0 Å². The number of aromatic nitrogens is 2. The minimum Gasteiger partial charge on any atom is -0.508 e. The van der Waals surface area contributed by atoms with Crippen molar-refractivity contribution in [1.82, 2.24) is 9.97 Å². The van der Waals surface area contributed by atoms with Gasteiger partial charge in [0.1, 0.15) is 5.75 Å². The molecule has 0 fully saturated rings.